The topological polar surface area (TPSA) is 87.3 Å². The smallest absolute Gasteiger partial charge is 0.277 e. The molecule has 1 aromatic carbocycles. The van der Waals surface area contributed by atoms with Gasteiger partial charge < -0.3 is 15.2 Å². The van der Waals surface area contributed by atoms with Gasteiger partial charge in [-0.15, -0.1) is 11.3 Å². The third kappa shape index (κ3) is 2.46. The summed E-state index contributed by atoms with van der Waals surface area (Å²) in [4.78, 5) is 20.0. The SMILES string of the molecule is COc1ccc2ncc3c(c2c1)CC(c1csc(C(N)=O)n1)CO3. The van der Waals surface area contributed by atoms with Gasteiger partial charge in [0.05, 0.1) is 31.1 Å². The number of nitrogens with two attached hydrogens (primary N) is 1. The summed E-state index contributed by atoms with van der Waals surface area (Å²) in [5, 5.41) is 3.22. The highest BCUT2D eigenvalue weighted by Gasteiger charge is 2.26. The van der Waals surface area contributed by atoms with E-state index in [1.54, 1.807) is 13.3 Å². The molecule has 2 aromatic heterocycles. The van der Waals surface area contributed by atoms with Crippen molar-refractivity contribution in [2.24, 2.45) is 5.73 Å². The predicted molar refractivity (Wildman–Crippen MR) is 90.9 cm³/mol. The number of fused-ring (bicyclic) bond motifs is 3. The molecular weight excluding hydrogens is 326 g/mol. The van der Waals surface area contributed by atoms with Crippen molar-refractivity contribution >= 4 is 28.1 Å². The quantitative estimate of drug-likeness (QED) is 0.791. The summed E-state index contributed by atoms with van der Waals surface area (Å²) in [5.41, 5.74) is 8.12. The second kappa shape index (κ2) is 5.76. The van der Waals surface area contributed by atoms with Crippen molar-refractivity contribution in [3.8, 4) is 11.5 Å². The van der Waals surface area contributed by atoms with Gasteiger partial charge in [-0.25, -0.2) is 4.98 Å². The van der Waals surface area contributed by atoms with Crippen LogP contribution in [0.1, 0.15) is 27.0 Å². The van der Waals surface area contributed by atoms with Crippen LogP contribution in [0.5, 0.6) is 11.5 Å². The molecule has 0 bridgehead atoms. The summed E-state index contributed by atoms with van der Waals surface area (Å²) >= 11 is 1.27. The number of nitrogens with zero attached hydrogens (tertiary/aromatic N) is 2. The van der Waals surface area contributed by atoms with Gasteiger partial charge >= 0.3 is 0 Å². The average molecular weight is 341 g/mol. The molecule has 0 saturated carbocycles. The minimum atomic E-state index is -0.497. The van der Waals surface area contributed by atoms with Crippen LogP contribution in [0.3, 0.4) is 0 Å². The van der Waals surface area contributed by atoms with E-state index in [2.05, 4.69) is 9.97 Å². The number of carbonyl (C=O) groups is 1. The molecule has 1 atom stereocenters. The molecule has 3 aromatic rings. The number of methoxy groups -OCH3 is 1. The first-order chi connectivity index (χ1) is 11.7. The molecule has 0 radical (unpaired) electrons. The molecule has 0 saturated heterocycles. The molecule has 1 aliphatic rings. The second-order valence-corrected chi connectivity index (χ2v) is 6.50. The second-order valence-electron chi connectivity index (χ2n) is 5.64. The fourth-order valence-corrected chi connectivity index (χ4v) is 3.69. The van der Waals surface area contributed by atoms with Crippen LogP contribution in [-0.4, -0.2) is 29.6 Å². The van der Waals surface area contributed by atoms with E-state index in [-0.39, 0.29) is 5.92 Å². The molecule has 0 fully saturated rings. The number of pyridine rings is 1. The number of hydrogen-bond acceptors (Lipinski definition) is 6. The van der Waals surface area contributed by atoms with Gasteiger partial charge in [0.25, 0.3) is 5.91 Å². The summed E-state index contributed by atoms with van der Waals surface area (Å²) in [6.07, 6.45) is 2.53. The molecule has 0 aliphatic carbocycles. The molecule has 122 valence electrons. The molecule has 7 heteroatoms. The standard InChI is InChI=1S/C17H15N3O3S/c1-22-10-2-3-13-11(5-10)12-4-9(7-23-15(12)6-19-13)14-8-24-17(20-14)16(18)21/h2-3,5-6,8-9H,4,7H2,1H3,(H2,18,21). The van der Waals surface area contributed by atoms with Crippen molar-refractivity contribution in [2.45, 2.75) is 12.3 Å². The summed E-state index contributed by atoms with van der Waals surface area (Å²) in [6, 6.07) is 5.80. The average Bonchev–Trinajstić information content (AvgIpc) is 3.11. The Kier molecular flexibility index (Phi) is 3.57. The molecule has 24 heavy (non-hydrogen) atoms. The molecule has 1 amide bonds. The van der Waals surface area contributed by atoms with Crippen molar-refractivity contribution in [3.05, 3.63) is 46.0 Å². The van der Waals surface area contributed by atoms with Gasteiger partial charge in [0.15, 0.2) is 5.01 Å². The molecule has 2 N–H and O–H groups in total. The number of ether oxygens (including phenoxy) is 2. The lowest BCUT2D eigenvalue weighted by molar-refractivity contribution is 0.0999. The summed E-state index contributed by atoms with van der Waals surface area (Å²) in [7, 11) is 1.64. The number of amides is 1. The Balaban J connectivity index is 1.74. The van der Waals surface area contributed by atoms with Crippen molar-refractivity contribution in [2.75, 3.05) is 13.7 Å². The summed E-state index contributed by atoms with van der Waals surface area (Å²) < 4.78 is 11.2. The molecule has 1 aliphatic heterocycles. The zero-order valence-corrected chi connectivity index (χ0v) is 13.8. The highest BCUT2D eigenvalue weighted by atomic mass is 32.1. The normalized spacial score (nSPS) is 16.5. The van der Waals surface area contributed by atoms with E-state index < -0.39 is 5.91 Å². The van der Waals surface area contributed by atoms with E-state index in [4.69, 9.17) is 15.2 Å². The van der Waals surface area contributed by atoms with Crippen LogP contribution in [-0.2, 0) is 6.42 Å². The first kappa shape index (κ1) is 14.9. The Labute approximate surface area is 142 Å². The Bertz CT molecular complexity index is 933. The van der Waals surface area contributed by atoms with E-state index in [9.17, 15) is 4.79 Å². The molecule has 6 nitrogen and oxygen atoms in total. The molecule has 4 rings (SSSR count). The number of thiazole rings is 1. The Hall–Kier alpha value is -2.67. The van der Waals surface area contributed by atoms with Crippen molar-refractivity contribution in [1.29, 1.82) is 0 Å². The summed E-state index contributed by atoms with van der Waals surface area (Å²) in [6.45, 7) is 0.506. The van der Waals surface area contributed by atoms with Crippen molar-refractivity contribution in [1.82, 2.24) is 9.97 Å². The Morgan fingerprint density at radius 1 is 1.46 bits per heavy atom. The monoisotopic (exact) mass is 341 g/mol. The van der Waals surface area contributed by atoms with Gasteiger partial charge in [-0.2, -0.15) is 0 Å². The van der Waals surface area contributed by atoms with Gasteiger partial charge in [-0.05, 0) is 24.6 Å². The minimum Gasteiger partial charge on any atom is -0.497 e. The third-order valence-corrected chi connectivity index (χ3v) is 5.06. The van der Waals surface area contributed by atoms with Gasteiger partial charge in [0.1, 0.15) is 11.5 Å². The van der Waals surface area contributed by atoms with Crippen LogP contribution in [0.4, 0.5) is 0 Å². The molecule has 3 heterocycles. The lowest BCUT2D eigenvalue weighted by Crippen LogP contribution is -2.20. The fraction of sp³-hybridized carbons (Fsp3) is 0.235. The number of benzene rings is 1. The third-order valence-electron chi connectivity index (χ3n) is 4.19. The van der Waals surface area contributed by atoms with Crippen LogP contribution in [0.25, 0.3) is 10.9 Å². The maximum absolute atomic E-state index is 11.3. The fourth-order valence-electron chi connectivity index (χ4n) is 2.94. The van der Waals surface area contributed by atoms with E-state index in [0.717, 1.165) is 40.1 Å². The van der Waals surface area contributed by atoms with Gasteiger partial charge in [-0.1, -0.05) is 0 Å². The first-order valence-electron chi connectivity index (χ1n) is 7.49. The Morgan fingerprint density at radius 2 is 2.33 bits per heavy atom. The highest BCUT2D eigenvalue weighted by molar-refractivity contribution is 7.11. The largest absolute Gasteiger partial charge is 0.497 e. The zero-order chi connectivity index (χ0) is 16.7. The molecular formula is C17H15N3O3S. The number of hydrogen-bond donors (Lipinski definition) is 1. The van der Waals surface area contributed by atoms with Crippen molar-refractivity contribution in [3.63, 3.8) is 0 Å². The lowest BCUT2D eigenvalue weighted by atomic mass is 9.92. The van der Waals surface area contributed by atoms with E-state index in [1.807, 2.05) is 23.6 Å². The van der Waals surface area contributed by atoms with E-state index in [1.165, 1.54) is 11.3 Å². The number of primary amides is 1. The van der Waals surface area contributed by atoms with Crippen LogP contribution < -0.4 is 15.2 Å². The van der Waals surface area contributed by atoms with Crippen LogP contribution in [0, 0.1) is 0 Å². The van der Waals surface area contributed by atoms with Gasteiger partial charge in [-0.3, -0.25) is 9.78 Å². The van der Waals surface area contributed by atoms with E-state index in [0.29, 0.717) is 11.6 Å². The van der Waals surface area contributed by atoms with Gasteiger partial charge in [0.2, 0.25) is 0 Å². The van der Waals surface area contributed by atoms with Crippen molar-refractivity contribution < 1.29 is 14.3 Å². The lowest BCUT2D eigenvalue weighted by Gasteiger charge is -2.25. The first-order valence-corrected chi connectivity index (χ1v) is 8.37. The number of rotatable bonds is 3. The minimum absolute atomic E-state index is 0.0821. The van der Waals surface area contributed by atoms with Crippen LogP contribution in [0.2, 0.25) is 0 Å². The number of carbonyl (C=O) groups excluding carboxylic acids is 1. The molecule has 1 unspecified atom stereocenters. The van der Waals surface area contributed by atoms with E-state index >= 15 is 0 Å². The van der Waals surface area contributed by atoms with Gasteiger partial charge in [0, 0.05) is 22.2 Å². The summed E-state index contributed by atoms with van der Waals surface area (Å²) in [5.74, 6) is 1.16. The van der Waals surface area contributed by atoms with Crippen LogP contribution in [0.15, 0.2) is 29.8 Å². The number of aromatic nitrogens is 2. The maximum Gasteiger partial charge on any atom is 0.277 e. The maximum atomic E-state index is 11.3. The Morgan fingerprint density at radius 3 is 3.08 bits per heavy atom. The predicted octanol–water partition coefficient (Wildman–Crippen LogP) is 2.52. The zero-order valence-electron chi connectivity index (χ0n) is 13.0. The molecule has 0 spiro atoms. The highest BCUT2D eigenvalue weighted by Crippen LogP contribution is 2.37. The van der Waals surface area contributed by atoms with Crippen LogP contribution >= 0.6 is 11.3 Å².